The average molecular weight is 280 g/mol. The van der Waals surface area contributed by atoms with Gasteiger partial charge in [0.25, 0.3) is 0 Å². The molecule has 0 aliphatic heterocycles. The summed E-state index contributed by atoms with van der Waals surface area (Å²) in [5.74, 6) is 0. The average Bonchev–Trinajstić information content (AvgIpc) is 2.73. The van der Waals surface area contributed by atoms with Gasteiger partial charge in [0.1, 0.15) is 0 Å². The van der Waals surface area contributed by atoms with Crippen LogP contribution >= 0.6 is 15.9 Å². The van der Waals surface area contributed by atoms with Crippen LogP contribution in [0.1, 0.15) is 12.5 Å². The van der Waals surface area contributed by atoms with Gasteiger partial charge in [0, 0.05) is 28.6 Å². The van der Waals surface area contributed by atoms with Crippen LogP contribution in [-0.4, -0.2) is 15.6 Å². The molecule has 1 heterocycles. The first-order valence-corrected chi connectivity index (χ1v) is 5.98. The van der Waals surface area contributed by atoms with Gasteiger partial charge in [-0.15, -0.1) is 0 Å². The summed E-state index contributed by atoms with van der Waals surface area (Å²) in [5.41, 5.74) is 8.12. The molecule has 3 nitrogen and oxygen atoms in total. The van der Waals surface area contributed by atoms with Gasteiger partial charge >= 0.3 is 0 Å². The third kappa shape index (κ3) is 2.51. The van der Waals surface area contributed by atoms with Crippen molar-refractivity contribution in [2.75, 3.05) is 0 Å². The Morgan fingerprint density at radius 1 is 1.50 bits per heavy atom. The highest BCUT2D eigenvalue weighted by Crippen LogP contribution is 2.21. The van der Waals surface area contributed by atoms with Gasteiger partial charge in [0.05, 0.1) is 6.33 Å². The molecule has 1 aromatic heterocycles. The smallest absolute Gasteiger partial charge is 0.0991 e. The SMILES string of the molecule is CC(N)Cc1ccc(-n2ccnc2)cc1Br. The van der Waals surface area contributed by atoms with E-state index in [1.807, 2.05) is 17.7 Å². The molecule has 1 unspecified atom stereocenters. The van der Waals surface area contributed by atoms with E-state index in [0.717, 1.165) is 16.6 Å². The molecule has 2 rings (SSSR count). The Morgan fingerprint density at radius 3 is 2.88 bits per heavy atom. The van der Waals surface area contributed by atoms with Crippen LogP contribution in [-0.2, 0) is 6.42 Å². The molecule has 0 saturated heterocycles. The molecular formula is C12H14BrN3. The Bertz CT molecular complexity index is 463. The largest absolute Gasteiger partial charge is 0.328 e. The van der Waals surface area contributed by atoms with Crippen molar-refractivity contribution in [3.8, 4) is 5.69 Å². The number of benzene rings is 1. The van der Waals surface area contributed by atoms with Gasteiger partial charge in [-0.1, -0.05) is 22.0 Å². The van der Waals surface area contributed by atoms with Crippen molar-refractivity contribution in [2.45, 2.75) is 19.4 Å². The molecule has 16 heavy (non-hydrogen) atoms. The number of hydrogen-bond acceptors (Lipinski definition) is 2. The minimum atomic E-state index is 0.176. The summed E-state index contributed by atoms with van der Waals surface area (Å²) in [4.78, 5) is 4.03. The lowest BCUT2D eigenvalue weighted by atomic mass is 10.1. The molecule has 0 bridgehead atoms. The van der Waals surface area contributed by atoms with Gasteiger partial charge < -0.3 is 10.3 Å². The van der Waals surface area contributed by atoms with E-state index < -0.39 is 0 Å². The lowest BCUT2D eigenvalue weighted by molar-refractivity contribution is 0.736. The zero-order chi connectivity index (χ0) is 11.5. The number of halogens is 1. The van der Waals surface area contributed by atoms with E-state index in [-0.39, 0.29) is 6.04 Å². The van der Waals surface area contributed by atoms with Crippen LogP contribution in [0, 0.1) is 0 Å². The summed E-state index contributed by atoms with van der Waals surface area (Å²) in [6.07, 6.45) is 6.36. The first-order valence-electron chi connectivity index (χ1n) is 5.19. The number of nitrogens with two attached hydrogens (primary N) is 1. The third-order valence-corrected chi connectivity index (χ3v) is 3.12. The summed E-state index contributed by atoms with van der Waals surface area (Å²) in [7, 11) is 0. The molecular weight excluding hydrogens is 266 g/mol. The maximum atomic E-state index is 5.79. The fourth-order valence-corrected chi connectivity index (χ4v) is 2.15. The second kappa shape index (κ2) is 4.80. The van der Waals surface area contributed by atoms with Gasteiger partial charge in [-0.2, -0.15) is 0 Å². The Hall–Kier alpha value is -1.13. The van der Waals surface area contributed by atoms with E-state index in [4.69, 9.17) is 5.73 Å². The lowest BCUT2D eigenvalue weighted by Crippen LogP contribution is -2.18. The fraction of sp³-hybridized carbons (Fsp3) is 0.250. The summed E-state index contributed by atoms with van der Waals surface area (Å²) < 4.78 is 3.07. The molecule has 84 valence electrons. The number of imidazole rings is 1. The van der Waals surface area contributed by atoms with Crippen molar-refractivity contribution in [3.63, 3.8) is 0 Å². The van der Waals surface area contributed by atoms with Crippen molar-refractivity contribution >= 4 is 15.9 Å². The zero-order valence-corrected chi connectivity index (χ0v) is 10.7. The first-order chi connectivity index (χ1) is 7.66. The highest BCUT2D eigenvalue weighted by atomic mass is 79.9. The second-order valence-electron chi connectivity index (χ2n) is 3.93. The summed E-state index contributed by atoms with van der Waals surface area (Å²) >= 11 is 3.57. The van der Waals surface area contributed by atoms with Gasteiger partial charge in [-0.3, -0.25) is 0 Å². The Morgan fingerprint density at radius 2 is 2.31 bits per heavy atom. The predicted molar refractivity (Wildman–Crippen MR) is 68.6 cm³/mol. The molecule has 1 atom stereocenters. The number of nitrogens with zero attached hydrogens (tertiary/aromatic N) is 2. The Kier molecular flexibility index (Phi) is 3.41. The zero-order valence-electron chi connectivity index (χ0n) is 9.10. The van der Waals surface area contributed by atoms with E-state index in [1.165, 1.54) is 5.56 Å². The van der Waals surface area contributed by atoms with Crippen LogP contribution in [0.15, 0.2) is 41.4 Å². The molecule has 0 amide bonds. The summed E-state index contributed by atoms with van der Waals surface area (Å²) in [6.45, 7) is 2.01. The van der Waals surface area contributed by atoms with E-state index in [0.29, 0.717) is 0 Å². The van der Waals surface area contributed by atoms with E-state index >= 15 is 0 Å². The fourth-order valence-electron chi connectivity index (χ4n) is 1.62. The topological polar surface area (TPSA) is 43.8 Å². The molecule has 1 aromatic carbocycles. The molecule has 0 fully saturated rings. The lowest BCUT2D eigenvalue weighted by Gasteiger charge is -2.10. The van der Waals surface area contributed by atoms with E-state index in [9.17, 15) is 0 Å². The molecule has 0 radical (unpaired) electrons. The highest BCUT2D eigenvalue weighted by molar-refractivity contribution is 9.10. The number of rotatable bonds is 3. The molecule has 4 heteroatoms. The van der Waals surface area contributed by atoms with Crippen molar-refractivity contribution in [1.82, 2.24) is 9.55 Å². The normalized spacial score (nSPS) is 12.7. The van der Waals surface area contributed by atoms with Crippen LogP contribution in [0.4, 0.5) is 0 Å². The van der Waals surface area contributed by atoms with Crippen LogP contribution < -0.4 is 5.73 Å². The predicted octanol–water partition coefficient (Wildman–Crippen LogP) is 2.52. The molecule has 0 spiro atoms. The van der Waals surface area contributed by atoms with Crippen LogP contribution in [0.25, 0.3) is 5.69 Å². The molecule has 0 aliphatic carbocycles. The number of hydrogen-bond donors (Lipinski definition) is 1. The van der Waals surface area contributed by atoms with Gasteiger partial charge in [-0.05, 0) is 31.0 Å². The molecule has 2 aromatic rings. The minimum Gasteiger partial charge on any atom is -0.328 e. The van der Waals surface area contributed by atoms with Crippen LogP contribution in [0.2, 0.25) is 0 Å². The van der Waals surface area contributed by atoms with E-state index in [2.05, 4.69) is 39.1 Å². The maximum absolute atomic E-state index is 5.79. The van der Waals surface area contributed by atoms with Gasteiger partial charge in [0.2, 0.25) is 0 Å². The summed E-state index contributed by atoms with van der Waals surface area (Å²) in [5, 5.41) is 0. The molecule has 0 saturated carbocycles. The Labute approximate surface area is 103 Å². The van der Waals surface area contributed by atoms with Crippen LogP contribution in [0.3, 0.4) is 0 Å². The van der Waals surface area contributed by atoms with Crippen molar-refractivity contribution in [2.24, 2.45) is 5.73 Å². The standard InChI is InChI=1S/C12H14BrN3/c1-9(14)6-10-2-3-11(7-12(10)13)16-5-4-15-8-16/h2-5,7-9H,6,14H2,1H3. The van der Waals surface area contributed by atoms with Crippen molar-refractivity contribution in [1.29, 1.82) is 0 Å². The monoisotopic (exact) mass is 279 g/mol. The summed E-state index contributed by atoms with van der Waals surface area (Å²) in [6, 6.07) is 6.43. The highest BCUT2D eigenvalue weighted by Gasteiger charge is 2.04. The van der Waals surface area contributed by atoms with Gasteiger partial charge in [0.15, 0.2) is 0 Å². The molecule has 0 aliphatic rings. The van der Waals surface area contributed by atoms with Crippen molar-refractivity contribution in [3.05, 3.63) is 47.0 Å². The Balaban J connectivity index is 2.29. The van der Waals surface area contributed by atoms with E-state index in [1.54, 1.807) is 12.5 Å². The maximum Gasteiger partial charge on any atom is 0.0991 e. The van der Waals surface area contributed by atoms with Crippen molar-refractivity contribution < 1.29 is 0 Å². The number of aromatic nitrogens is 2. The van der Waals surface area contributed by atoms with Gasteiger partial charge in [-0.25, -0.2) is 4.98 Å². The quantitative estimate of drug-likeness (QED) is 0.938. The third-order valence-electron chi connectivity index (χ3n) is 2.38. The van der Waals surface area contributed by atoms with Crippen LogP contribution in [0.5, 0.6) is 0 Å². The second-order valence-corrected chi connectivity index (χ2v) is 4.78. The minimum absolute atomic E-state index is 0.176. The first kappa shape index (κ1) is 11.4. The molecule has 2 N–H and O–H groups in total.